The van der Waals surface area contributed by atoms with Gasteiger partial charge in [0.15, 0.2) is 5.75 Å². The molecular weight excluding hydrogens is 344 g/mol. The Morgan fingerprint density at radius 2 is 2.14 bits per heavy atom. The van der Waals surface area contributed by atoms with E-state index in [1.807, 2.05) is 0 Å². The highest BCUT2D eigenvalue weighted by atomic mass is 79.9. The average molecular weight is 353 g/mol. The number of ether oxygens (including phenoxy) is 1. The molecule has 1 aromatic carbocycles. The van der Waals surface area contributed by atoms with Gasteiger partial charge in [-0.1, -0.05) is 0 Å². The molecule has 0 aliphatic rings. The molecule has 0 aliphatic heterocycles. The van der Waals surface area contributed by atoms with Crippen LogP contribution in [0.15, 0.2) is 35.1 Å². The van der Waals surface area contributed by atoms with Gasteiger partial charge in [-0.15, -0.1) is 0 Å². The van der Waals surface area contributed by atoms with Gasteiger partial charge in [0.2, 0.25) is 0 Å². The van der Waals surface area contributed by atoms with Crippen molar-refractivity contribution in [2.75, 3.05) is 0 Å². The Hall–Kier alpha value is -2.48. The lowest BCUT2D eigenvalue weighted by Gasteiger charge is -2.10. The third-order valence-electron chi connectivity index (χ3n) is 2.68. The van der Waals surface area contributed by atoms with E-state index in [-0.39, 0.29) is 22.7 Å². The van der Waals surface area contributed by atoms with E-state index in [9.17, 15) is 14.9 Å². The molecule has 0 saturated carbocycles. The molecule has 0 spiro atoms. The van der Waals surface area contributed by atoms with Gasteiger partial charge in [0.1, 0.15) is 11.3 Å². The fourth-order valence-electron chi connectivity index (χ4n) is 1.68. The zero-order valence-electron chi connectivity index (χ0n) is 10.7. The van der Waals surface area contributed by atoms with Crippen molar-refractivity contribution >= 4 is 27.6 Å². The van der Waals surface area contributed by atoms with Crippen molar-refractivity contribution in [2.45, 2.75) is 6.92 Å². The van der Waals surface area contributed by atoms with Gasteiger partial charge in [-0.3, -0.25) is 15.1 Å². The fraction of sp³-hybridized carbons (Fsp3) is 0.0769. The van der Waals surface area contributed by atoms with Crippen molar-refractivity contribution in [1.82, 2.24) is 4.98 Å². The maximum Gasteiger partial charge on any atom is 0.339 e. The molecule has 0 fully saturated rings. The molecule has 108 valence electrons. The molecule has 0 atom stereocenters. The second kappa shape index (κ2) is 5.88. The summed E-state index contributed by atoms with van der Waals surface area (Å²) in [7, 11) is 0. The van der Waals surface area contributed by atoms with E-state index in [0.717, 1.165) is 0 Å². The van der Waals surface area contributed by atoms with Crippen molar-refractivity contribution in [3.63, 3.8) is 0 Å². The van der Waals surface area contributed by atoms with Crippen LogP contribution in [0.3, 0.4) is 0 Å². The van der Waals surface area contributed by atoms with Crippen LogP contribution < -0.4 is 4.74 Å². The molecule has 0 bridgehead atoms. The maximum atomic E-state index is 11.1. The van der Waals surface area contributed by atoms with Gasteiger partial charge in [-0.2, -0.15) is 0 Å². The minimum Gasteiger partial charge on any atom is -0.478 e. The second-order valence-corrected chi connectivity index (χ2v) is 4.96. The normalized spacial score (nSPS) is 10.2. The summed E-state index contributed by atoms with van der Waals surface area (Å²) in [6.45, 7) is 1.57. The first-order chi connectivity index (χ1) is 9.90. The molecule has 0 radical (unpaired) electrons. The minimum atomic E-state index is -1.15. The summed E-state index contributed by atoms with van der Waals surface area (Å²) in [5.41, 5.74) is 0.297. The summed E-state index contributed by atoms with van der Waals surface area (Å²) in [5.74, 6) is -0.824. The van der Waals surface area contributed by atoms with Crippen LogP contribution in [0.5, 0.6) is 11.5 Å². The van der Waals surface area contributed by atoms with E-state index in [2.05, 4.69) is 20.9 Å². The van der Waals surface area contributed by atoms with Gasteiger partial charge < -0.3 is 9.84 Å². The standard InChI is InChI=1S/C13H9BrN2O5/c1-7-4-11(9(14)5-10(7)16(19)20)21-12-6-15-3-2-8(12)13(17)18/h2-6H,1H3,(H,17,18). The Labute approximate surface area is 127 Å². The molecule has 7 nitrogen and oxygen atoms in total. The predicted octanol–water partition coefficient (Wildman–Crippen LogP) is 3.55. The van der Waals surface area contributed by atoms with Gasteiger partial charge in [0, 0.05) is 17.8 Å². The zero-order valence-corrected chi connectivity index (χ0v) is 12.3. The van der Waals surface area contributed by atoms with Crippen LogP contribution in [-0.2, 0) is 0 Å². The number of nitro benzene ring substituents is 1. The molecule has 2 aromatic rings. The summed E-state index contributed by atoms with van der Waals surface area (Å²) in [6.07, 6.45) is 2.61. The smallest absolute Gasteiger partial charge is 0.339 e. The third-order valence-corrected chi connectivity index (χ3v) is 3.30. The summed E-state index contributed by atoms with van der Waals surface area (Å²) < 4.78 is 5.85. The van der Waals surface area contributed by atoms with E-state index in [4.69, 9.17) is 9.84 Å². The van der Waals surface area contributed by atoms with Crippen molar-refractivity contribution in [2.24, 2.45) is 0 Å². The monoisotopic (exact) mass is 352 g/mol. The van der Waals surface area contributed by atoms with Crippen LogP contribution in [0.1, 0.15) is 15.9 Å². The summed E-state index contributed by atoms with van der Waals surface area (Å²) >= 11 is 3.17. The van der Waals surface area contributed by atoms with Gasteiger partial charge in [-0.05, 0) is 35.0 Å². The van der Waals surface area contributed by atoms with E-state index >= 15 is 0 Å². The molecule has 2 rings (SSSR count). The van der Waals surface area contributed by atoms with Crippen LogP contribution >= 0.6 is 15.9 Å². The van der Waals surface area contributed by atoms with Crippen LogP contribution in [0.25, 0.3) is 0 Å². The summed E-state index contributed by atoms with van der Waals surface area (Å²) in [6, 6.07) is 4.08. The third kappa shape index (κ3) is 3.16. The zero-order chi connectivity index (χ0) is 15.6. The van der Waals surface area contributed by atoms with Crippen LogP contribution in [0.4, 0.5) is 5.69 Å². The highest BCUT2D eigenvalue weighted by Gasteiger charge is 2.17. The van der Waals surface area contributed by atoms with E-state index in [0.29, 0.717) is 10.0 Å². The van der Waals surface area contributed by atoms with Gasteiger partial charge >= 0.3 is 5.97 Å². The average Bonchev–Trinajstić information content (AvgIpc) is 2.42. The van der Waals surface area contributed by atoms with Crippen LogP contribution in [-0.4, -0.2) is 21.0 Å². The molecular formula is C13H9BrN2O5. The van der Waals surface area contributed by atoms with Crippen molar-refractivity contribution in [3.8, 4) is 11.5 Å². The Morgan fingerprint density at radius 1 is 1.43 bits per heavy atom. The number of benzene rings is 1. The lowest BCUT2D eigenvalue weighted by atomic mass is 10.2. The number of aromatic nitrogens is 1. The number of halogens is 1. The number of carbonyl (C=O) groups is 1. The first kappa shape index (κ1) is 14.9. The van der Waals surface area contributed by atoms with E-state index in [1.165, 1.54) is 30.6 Å². The lowest BCUT2D eigenvalue weighted by Crippen LogP contribution is -2.01. The molecule has 21 heavy (non-hydrogen) atoms. The Kier molecular flexibility index (Phi) is 4.18. The minimum absolute atomic E-state index is 0.0482. The number of nitro groups is 1. The highest BCUT2D eigenvalue weighted by Crippen LogP contribution is 2.35. The SMILES string of the molecule is Cc1cc(Oc2cnccc2C(=O)O)c(Br)cc1[N+](=O)[O-]. The molecule has 0 saturated heterocycles. The molecule has 0 unspecified atom stereocenters. The predicted molar refractivity (Wildman–Crippen MR) is 76.8 cm³/mol. The number of carboxylic acid groups (broad SMARTS) is 1. The van der Waals surface area contributed by atoms with Gasteiger partial charge in [-0.25, -0.2) is 4.79 Å². The number of rotatable bonds is 4. The molecule has 0 amide bonds. The topological polar surface area (TPSA) is 103 Å². The Balaban J connectivity index is 2.44. The number of nitrogens with zero attached hydrogens (tertiary/aromatic N) is 2. The van der Waals surface area contributed by atoms with Gasteiger partial charge in [0.05, 0.1) is 15.6 Å². The van der Waals surface area contributed by atoms with E-state index < -0.39 is 10.9 Å². The quantitative estimate of drug-likeness (QED) is 0.666. The number of hydrogen-bond acceptors (Lipinski definition) is 5. The summed E-state index contributed by atoms with van der Waals surface area (Å²) in [5, 5.41) is 19.9. The number of aromatic carboxylic acids is 1. The largest absolute Gasteiger partial charge is 0.478 e. The Bertz CT molecular complexity index is 732. The van der Waals surface area contributed by atoms with Crippen molar-refractivity contribution < 1.29 is 19.6 Å². The van der Waals surface area contributed by atoms with Crippen molar-refractivity contribution in [3.05, 3.63) is 56.3 Å². The Morgan fingerprint density at radius 3 is 2.76 bits per heavy atom. The van der Waals surface area contributed by atoms with E-state index in [1.54, 1.807) is 6.92 Å². The van der Waals surface area contributed by atoms with Crippen LogP contribution in [0, 0.1) is 17.0 Å². The molecule has 1 heterocycles. The molecule has 1 N–H and O–H groups in total. The number of aryl methyl sites for hydroxylation is 1. The van der Waals surface area contributed by atoms with Crippen LogP contribution in [0.2, 0.25) is 0 Å². The second-order valence-electron chi connectivity index (χ2n) is 4.11. The summed E-state index contributed by atoms with van der Waals surface area (Å²) in [4.78, 5) is 25.2. The first-order valence-corrected chi connectivity index (χ1v) is 6.49. The van der Waals surface area contributed by atoms with Crippen molar-refractivity contribution in [1.29, 1.82) is 0 Å². The highest BCUT2D eigenvalue weighted by molar-refractivity contribution is 9.10. The maximum absolute atomic E-state index is 11.1. The number of hydrogen-bond donors (Lipinski definition) is 1. The molecule has 1 aromatic heterocycles. The number of pyridine rings is 1. The first-order valence-electron chi connectivity index (χ1n) is 5.70. The fourth-order valence-corrected chi connectivity index (χ4v) is 2.09. The molecule has 8 heteroatoms. The lowest BCUT2D eigenvalue weighted by molar-refractivity contribution is -0.385. The number of carboxylic acids is 1. The van der Waals surface area contributed by atoms with Gasteiger partial charge in [0.25, 0.3) is 5.69 Å². The molecule has 0 aliphatic carbocycles.